The Bertz CT molecular complexity index is 387. The van der Waals surface area contributed by atoms with E-state index in [0.717, 1.165) is 4.90 Å². The number of hydrogen-bond donors (Lipinski definition) is 1. The van der Waals surface area contributed by atoms with Crippen molar-refractivity contribution in [3.63, 3.8) is 0 Å². The average molecular weight is 281 g/mol. The van der Waals surface area contributed by atoms with E-state index in [1.54, 1.807) is 6.92 Å². The maximum atomic E-state index is 13.1. The standard InChI is InChI=1S/C12H18F3NO3/c1-10-3-4-16(8(5-10)12(13,14)15)11(6-17,7-19-2)9(10)18/h8,17H,3-7H2,1-2H3/t8-,10-,11-/m0/s1. The first-order valence-corrected chi connectivity index (χ1v) is 6.19. The minimum absolute atomic E-state index is 0.149. The average Bonchev–Trinajstić information content (AvgIpc) is 2.33. The lowest BCUT2D eigenvalue weighted by molar-refractivity contribution is -0.244. The van der Waals surface area contributed by atoms with Crippen molar-refractivity contribution >= 4 is 5.78 Å². The summed E-state index contributed by atoms with van der Waals surface area (Å²) in [5.74, 6) is -0.337. The van der Waals surface area contributed by atoms with Crippen molar-refractivity contribution in [2.45, 2.75) is 37.5 Å². The van der Waals surface area contributed by atoms with Gasteiger partial charge in [-0.05, 0) is 12.8 Å². The van der Waals surface area contributed by atoms with Gasteiger partial charge in [-0.15, -0.1) is 0 Å². The molecular formula is C12H18F3NO3. The molecule has 3 aliphatic heterocycles. The first-order chi connectivity index (χ1) is 8.71. The number of hydrogen-bond acceptors (Lipinski definition) is 4. The van der Waals surface area contributed by atoms with Crippen LogP contribution in [-0.4, -0.2) is 60.4 Å². The van der Waals surface area contributed by atoms with Gasteiger partial charge in [-0.1, -0.05) is 6.92 Å². The molecule has 3 rings (SSSR count). The molecule has 110 valence electrons. The normalized spacial score (nSPS) is 42.7. The number of nitrogens with zero attached hydrogens (tertiary/aromatic N) is 1. The Morgan fingerprint density at radius 2 is 2.16 bits per heavy atom. The van der Waals surface area contributed by atoms with Crippen molar-refractivity contribution in [3.8, 4) is 0 Å². The molecule has 3 fully saturated rings. The van der Waals surface area contributed by atoms with Crippen LogP contribution in [0.1, 0.15) is 19.8 Å². The van der Waals surface area contributed by atoms with Crippen LogP contribution >= 0.6 is 0 Å². The topological polar surface area (TPSA) is 49.8 Å². The Hall–Kier alpha value is -0.660. The van der Waals surface area contributed by atoms with Gasteiger partial charge in [-0.2, -0.15) is 13.2 Å². The molecule has 3 saturated heterocycles. The van der Waals surface area contributed by atoms with E-state index < -0.39 is 29.8 Å². The molecular weight excluding hydrogens is 263 g/mol. The predicted octanol–water partition coefficient (Wildman–Crippen LogP) is 0.980. The Labute approximate surface area is 109 Å². The molecule has 0 aliphatic carbocycles. The van der Waals surface area contributed by atoms with Gasteiger partial charge in [-0.25, -0.2) is 0 Å². The molecule has 1 N–H and O–H groups in total. The molecule has 2 bridgehead atoms. The first-order valence-electron chi connectivity index (χ1n) is 6.19. The van der Waals surface area contributed by atoms with Crippen LogP contribution in [0.3, 0.4) is 0 Å². The van der Waals surface area contributed by atoms with E-state index in [0.29, 0.717) is 6.42 Å². The van der Waals surface area contributed by atoms with Crippen LogP contribution in [0.5, 0.6) is 0 Å². The van der Waals surface area contributed by atoms with E-state index in [1.165, 1.54) is 7.11 Å². The van der Waals surface area contributed by atoms with Crippen LogP contribution in [0.4, 0.5) is 13.2 Å². The van der Waals surface area contributed by atoms with Crippen LogP contribution < -0.4 is 0 Å². The number of fused-ring (bicyclic) bond motifs is 3. The maximum absolute atomic E-state index is 13.1. The lowest BCUT2D eigenvalue weighted by Crippen LogP contribution is -2.76. The molecule has 19 heavy (non-hydrogen) atoms. The SMILES string of the molecule is COC[C@@]1(CO)C(=O)[C@@]2(C)CCN1[C@H](C(F)(F)F)C2. The Morgan fingerprint density at radius 3 is 2.63 bits per heavy atom. The number of carbonyl (C=O) groups is 1. The highest BCUT2D eigenvalue weighted by molar-refractivity contribution is 5.95. The number of halogens is 3. The number of aliphatic hydroxyl groups is 1. The summed E-state index contributed by atoms with van der Waals surface area (Å²) < 4.78 is 44.3. The van der Waals surface area contributed by atoms with Gasteiger partial charge in [0.15, 0.2) is 5.78 Å². The number of ketones is 1. The minimum atomic E-state index is -4.41. The molecule has 0 aromatic rings. The highest BCUT2D eigenvalue weighted by Gasteiger charge is 2.66. The van der Waals surface area contributed by atoms with Gasteiger partial charge in [0.25, 0.3) is 0 Å². The summed E-state index contributed by atoms with van der Waals surface area (Å²) in [5, 5.41) is 9.55. The summed E-state index contributed by atoms with van der Waals surface area (Å²) in [5.41, 5.74) is -2.59. The molecule has 0 spiro atoms. The summed E-state index contributed by atoms with van der Waals surface area (Å²) in [4.78, 5) is 13.6. The maximum Gasteiger partial charge on any atom is 0.404 e. The third-order valence-electron chi connectivity index (χ3n) is 4.47. The monoisotopic (exact) mass is 281 g/mol. The van der Waals surface area contributed by atoms with Gasteiger partial charge in [0.05, 0.1) is 13.2 Å². The summed E-state index contributed by atoms with van der Waals surface area (Å²) in [6, 6.07) is -1.69. The molecule has 3 heterocycles. The second kappa shape index (κ2) is 4.43. The molecule has 4 nitrogen and oxygen atoms in total. The van der Waals surface area contributed by atoms with Gasteiger partial charge in [0, 0.05) is 19.1 Å². The van der Waals surface area contributed by atoms with Crippen LogP contribution in [0.25, 0.3) is 0 Å². The fourth-order valence-electron chi connectivity index (χ4n) is 3.46. The largest absolute Gasteiger partial charge is 0.404 e. The Morgan fingerprint density at radius 1 is 1.53 bits per heavy atom. The van der Waals surface area contributed by atoms with Crippen molar-refractivity contribution < 1.29 is 27.8 Å². The second-order valence-corrected chi connectivity index (χ2v) is 5.72. The molecule has 0 radical (unpaired) electrons. The zero-order valence-electron chi connectivity index (χ0n) is 11.0. The van der Waals surface area contributed by atoms with E-state index in [-0.39, 0.29) is 25.4 Å². The van der Waals surface area contributed by atoms with Gasteiger partial charge in [-0.3, -0.25) is 9.69 Å². The highest BCUT2D eigenvalue weighted by atomic mass is 19.4. The first kappa shape index (κ1) is 14.7. The van der Waals surface area contributed by atoms with E-state index in [1.807, 2.05) is 0 Å². The van der Waals surface area contributed by atoms with Crippen LogP contribution in [0.2, 0.25) is 0 Å². The zero-order chi connectivity index (χ0) is 14.5. The number of carbonyl (C=O) groups excluding carboxylic acids is 1. The quantitative estimate of drug-likeness (QED) is 0.838. The van der Waals surface area contributed by atoms with Crippen LogP contribution in [0.15, 0.2) is 0 Å². The number of alkyl halides is 3. The molecule has 0 aromatic carbocycles. The molecule has 1 unspecified atom stereocenters. The van der Waals surface area contributed by atoms with Crippen molar-refractivity contribution in [2.24, 2.45) is 5.41 Å². The Balaban J connectivity index is 2.47. The summed E-state index contributed by atoms with van der Waals surface area (Å²) in [6.45, 7) is 0.841. The smallest absolute Gasteiger partial charge is 0.394 e. The third-order valence-corrected chi connectivity index (χ3v) is 4.47. The van der Waals surface area contributed by atoms with E-state index in [2.05, 4.69) is 0 Å². The fraction of sp³-hybridized carbons (Fsp3) is 0.917. The molecule has 0 amide bonds. The van der Waals surface area contributed by atoms with E-state index in [9.17, 15) is 23.1 Å². The third kappa shape index (κ3) is 1.98. The minimum Gasteiger partial charge on any atom is -0.394 e. The van der Waals surface area contributed by atoms with Crippen molar-refractivity contribution in [3.05, 3.63) is 0 Å². The van der Waals surface area contributed by atoms with Crippen LogP contribution in [-0.2, 0) is 9.53 Å². The lowest BCUT2D eigenvalue weighted by atomic mass is 9.61. The molecule has 0 saturated carbocycles. The summed E-state index contributed by atoms with van der Waals surface area (Å²) in [6.07, 6.45) is -4.25. The lowest BCUT2D eigenvalue weighted by Gasteiger charge is -2.59. The molecule has 0 aromatic heterocycles. The van der Waals surface area contributed by atoms with E-state index in [4.69, 9.17) is 4.74 Å². The summed E-state index contributed by atoms with van der Waals surface area (Å²) in [7, 11) is 1.32. The number of methoxy groups -OCH3 is 1. The number of rotatable bonds is 3. The van der Waals surface area contributed by atoms with Gasteiger partial charge >= 0.3 is 6.18 Å². The van der Waals surface area contributed by atoms with Crippen molar-refractivity contribution in [1.29, 1.82) is 0 Å². The number of piperidine rings is 3. The number of ether oxygens (including phenoxy) is 1. The zero-order valence-corrected chi connectivity index (χ0v) is 11.0. The van der Waals surface area contributed by atoms with Gasteiger partial charge in [0.1, 0.15) is 11.6 Å². The molecule has 7 heteroatoms. The van der Waals surface area contributed by atoms with Gasteiger partial charge in [0.2, 0.25) is 0 Å². The van der Waals surface area contributed by atoms with Crippen LogP contribution in [0, 0.1) is 5.41 Å². The fourth-order valence-corrected chi connectivity index (χ4v) is 3.46. The van der Waals surface area contributed by atoms with E-state index >= 15 is 0 Å². The summed E-state index contributed by atoms with van der Waals surface area (Å²) >= 11 is 0. The molecule has 3 aliphatic rings. The second-order valence-electron chi connectivity index (χ2n) is 5.72. The van der Waals surface area contributed by atoms with Crippen molar-refractivity contribution in [2.75, 3.05) is 26.9 Å². The van der Waals surface area contributed by atoms with Gasteiger partial charge < -0.3 is 9.84 Å². The molecule has 4 atom stereocenters. The number of aliphatic hydroxyl groups excluding tert-OH is 1. The Kier molecular flexibility index (Phi) is 3.43. The predicted molar refractivity (Wildman–Crippen MR) is 60.6 cm³/mol. The van der Waals surface area contributed by atoms with Crippen molar-refractivity contribution in [1.82, 2.24) is 4.90 Å². The number of Topliss-reactive ketones (excluding diaryl/α,β-unsaturated/α-hetero) is 1. The highest BCUT2D eigenvalue weighted by Crippen LogP contribution is 2.51.